The van der Waals surface area contributed by atoms with Gasteiger partial charge >= 0.3 is 0 Å². The summed E-state index contributed by atoms with van der Waals surface area (Å²) >= 11 is 3.29. The Balaban J connectivity index is 0.00000364. The van der Waals surface area contributed by atoms with Crippen molar-refractivity contribution in [3.63, 3.8) is 0 Å². The third kappa shape index (κ3) is 7.38. The van der Waals surface area contributed by atoms with Crippen molar-refractivity contribution < 1.29 is 12.8 Å². The van der Waals surface area contributed by atoms with Crippen LogP contribution in [0.4, 0.5) is 4.39 Å². The summed E-state index contributed by atoms with van der Waals surface area (Å²) < 4.78 is 38.5. The summed E-state index contributed by atoms with van der Waals surface area (Å²) in [5.74, 6) is 0.246. The first-order valence-electron chi connectivity index (χ1n) is 7.96. The van der Waals surface area contributed by atoms with Gasteiger partial charge in [-0.05, 0) is 42.0 Å². The topological polar surface area (TPSA) is 61.8 Å². The Kier molecular flexibility index (Phi) is 9.68. The summed E-state index contributed by atoms with van der Waals surface area (Å²) in [6.07, 6.45) is 0. The zero-order valence-corrected chi connectivity index (χ0v) is 19.8. The van der Waals surface area contributed by atoms with Gasteiger partial charge in [-0.3, -0.25) is 4.99 Å². The molecular weight excluding hydrogens is 548 g/mol. The fraction of sp³-hybridized carbons (Fsp3) is 0.278. The summed E-state index contributed by atoms with van der Waals surface area (Å²) in [7, 11) is 0.0981. The van der Waals surface area contributed by atoms with E-state index in [4.69, 9.17) is 0 Å². The number of aliphatic imine (C=N–C) groups is 1. The van der Waals surface area contributed by atoms with E-state index >= 15 is 0 Å². The molecule has 2 rings (SSSR count). The molecule has 2 aromatic carbocycles. The highest BCUT2D eigenvalue weighted by Gasteiger charge is 2.15. The lowest BCUT2D eigenvalue weighted by atomic mass is 10.2. The summed E-state index contributed by atoms with van der Waals surface area (Å²) in [6, 6.07) is 12.8. The Morgan fingerprint density at radius 3 is 2.30 bits per heavy atom. The van der Waals surface area contributed by atoms with Gasteiger partial charge < -0.3 is 10.2 Å². The molecule has 0 heterocycles. The Morgan fingerprint density at radius 2 is 1.74 bits per heavy atom. The molecule has 0 fully saturated rings. The second kappa shape index (κ2) is 11.0. The van der Waals surface area contributed by atoms with Gasteiger partial charge in [0.15, 0.2) is 15.8 Å². The van der Waals surface area contributed by atoms with Crippen molar-refractivity contribution in [2.45, 2.75) is 11.4 Å². The van der Waals surface area contributed by atoms with E-state index in [0.717, 1.165) is 10.0 Å². The first kappa shape index (κ1) is 23.8. The molecule has 0 bridgehead atoms. The lowest BCUT2D eigenvalue weighted by Crippen LogP contribution is -2.40. The van der Waals surface area contributed by atoms with Gasteiger partial charge in [-0.25, -0.2) is 12.8 Å². The number of hydrogen-bond donors (Lipinski definition) is 1. The van der Waals surface area contributed by atoms with Crippen LogP contribution in [0.2, 0.25) is 0 Å². The number of sulfone groups is 1. The predicted molar refractivity (Wildman–Crippen MR) is 121 cm³/mol. The Bertz CT molecular complexity index is 859. The van der Waals surface area contributed by atoms with Crippen LogP contribution in [0.25, 0.3) is 0 Å². The van der Waals surface area contributed by atoms with Gasteiger partial charge in [0, 0.05) is 31.7 Å². The van der Waals surface area contributed by atoms with Gasteiger partial charge in [0.05, 0.1) is 10.6 Å². The average molecular weight is 570 g/mol. The maximum absolute atomic E-state index is 13.0. The van der Waals surface area contributed by atoms with Gasteiger partial charge in [0.25, 0.3) is 0 Å². The lowest BCUT2D eigenvalue weighted by molar-refractivity contribution is 0.478. The minimum atomic E-state index is -3.37. The number of halogens is 3. The van der Waals surface area contributed by atoms with Crippen LogP contribution in [-0.4, -0.2) is 45.7 Å². The van der Waals surface area contributed by atoms with Crippen LogP contribution in [0.15, 0.2) is 62.9 Å². The molecule has 0 amide bonds. The average Bonchev–Trinajstić information content (AvgIpc) is 2.61. The molecule has 0 saturated carbocycles. The molecule has 0 unspecified atom stereocenters. The molecule has 148 valence electrons. The van der Waals surface area contributed by atoms with Crippen LogP contribution in [0.1, 0.15) is 5.56 Å². The van der Waals surface area contributed by atoms with Crippen molar-refractivity contribution in [3.05, 3.63) is 64.4 Å². The number of guanidine groups is 1. The van der Waals surface area contributed by atoms with Crippen LogP contribution in [0.3, 0.4) is 0 Å². The summed E-state index contributed by atoms with van der Waals surface area (Å²) in [5.41, 5.74) is 0.930. The van der Waals surface area contributed by atoms with Crippen molar-refractivity contribution in [1.82, 2.24) is 10.2 Å². The first-order valence-corrected chi connectivity index (χ1v) is 10.4. The molecule has 9 heteroatoms. The highest BCUT2D eigenvalue weighted by Crippen LogP contribution is 2.15. The maximum Gasteiger partial charge on any atom is 0.193 e. The molecule has 27 heavy (non-hydrogen) atoms. The molecule has 0 aliphatic carbocycles. The highest BCUT2D eigenvalue weighted by atomic mass is 127. The number of hydrogen-bond acceptors (Lipinski definition) is 3. The van der Waals surface area contributed by atoms with Crippen LogP contribution in [0.5, 0.6) is 0 Å². The molecule has 5 nitrogen and oxygen atoms in total. The van der Waals surface area contributed by atoms with Crippen LogP contribution in [0, 0.1) is 5.82 Å². The van der Waals surface area contributed by atoms with E-state index in [1.165, 1.54) is 12.1 Å². The molecule has 0 atom stereocenters. The summed E-state index contributed by atoms with van der Waals surface area (Å²) in [6.45, 7) is 0.762. The Morgan fingerprint density at radius 1 is 1.15 bits per heavy atom. The van der Waals surface area contributed by atoms with Gasteiger partial charge in [-0.15, -0.1) is 24.0 Å². The van der Waals surface area contributed by atoms with Crippen LogP contribution in [-0.2, 0) is 16.4 Å². The fourth-order valence-electron chi connectivity index (χ4n) is 2.38. The smallest absolute Gasteiger partial charge is 0.193 e. The van der Waals surface area contributed by atoms with E-state index in [1.54, 1.807) is 43.4 Å². The van der Waals surface area contributed by atoms with Crippen LogP contribution >= 0.6 is 39.9 Å². The zero-order chi connectivity index (χ0) is 19.2. The largest absolute Gasteiger partial charge is 0.355 e. The van der Waals surface area contributed by atoms with Crippen molar-refractivity contribution in [2.24, 2.45) is 4.99 Å². The SMILES string of the molecule is CN=C(NCCS(=O)(=O)c1ccc(Br)cc1)N(C)Cc1ccc(F)cc1.I. The molecule has 2 aromatic rings. The normalized spacial score (nSPS) is 11.6. The quantitative estimate of drug-likeness (QED) is 0.327. The summed E-state index contributed by atoms with van der Waals surface area (Å²) in [5, 5.41) is 3.05. The Hall–Kier alpha value is -1.20. The monoisotopic (exact) mass is 569 g/mol. The molecule has 0 saturated heterocycles. The van der Waals surface area contributed by atoms with E-state index in [0.29, 0.717) is 12.5 Å². The van der Waals surface area contributed by atoms with Crippen molar-refractivity contribution in [2.75, 3.05) is 26.4 Å². The Labute approximate surface area is 185 Å². The van der Waals surface area contributed by atoms with Gasteiger partial charge in [-0.1, -0.05) is 28.1 Å². The predicted octanol–water partition coefficient (Wildman–Crippen LogP) is 3.69. The second-order valence-corrected chi connectivity index (χ2v) is 8.75. The lowest BCUT2D eigenvalue weighted by Gasteiger charge is -2.22. The van der Waals surface area contributed by atoms with Crippen molar-refractivity contribution >= 4 is 55.7 Å². The van der Waals surface area contributed by atoms with E-state index < -0.39 is 9.84 Å². The number of nitrogens with zero attached hydrogens (tertiary/aromatic N) is 2. The molecule has 1 N–H and O–H groups in total. The number of nitrogens with one attached hydrogen (secondary N) is 1. The minimum absolute atomic E-state index is 0. The highest BCUT2D eigenvalue weighted by molar-refractivity contribution is 14.0. The van der Waals surface area contributed by atoms with E-state index in [9.17, 15) is 12.8 Å². The van der Waals surface area contributed by atoms with Gasteiger partial charge in [0.2, 0.25) is 0 Å². The molecule has 0 aromatic heterocycles. The standard InChI is InChI=1S/C18H21BrFN3O2S.HI/c1-21-18(23(2)13-14-3-7-16(20)8-4-14)22-11-12-26(24,25)17-9-5-15(19)6-10-17;/h3-10H,11-13H2,1-2H3,(H,21,22);1H. The minimum Gasteiger partial charge on any atom is -0.355 e. The van der Waals surface area contributed by atoms with E-state index in [2.05, 4.69) is 26.2 Å². The van der Waals surface area contributed by atoms with Gasteiger partial charge in [-0.2, -0.15) is 0 Å². The molecular formula is C18H22BrFIN3O2S. The fourth-order valence-corrected chi connectivity index (χ4v) is 3.80. The van der Waals surface area contributed by atoms with Crippen LogP contribution < -0.4 is 5.32 Å². The van der Waals surface area contributed by atoms with E-state index in [-0.39, 0.29) is 47.0 Å². The molecule has 0 radical (unpaired) electrons. The molecule has 0 aliphatic heterocycles. The first-order chi connectivity index (χ1) is 12.3. The van der Waals surface area contributed by atoms with E-state index in [1.807, 2.05) is 11.9 Å². The van der Waals surface area contributed by atoms with Gasteiger partial charge in [0.1, 0.15) is 5.82 Å². The van der Waals surface area contributed by atoms with Crippen molar-refractivity contribution in [1.29, 1.82) is 0 Å². The molecule has 0 aliphatic rings. The molecule has 0 spiro atoms. The third-order valence-corrected chi connectivity index (χ3v) is 5.99. The second-order valence-electron chi connectivity index (χ2n) is 5.73. The maximum atomic E-state index is 13.0. The number of rotatable bonds is 6. The van der Waals surface area contributed by atoms with Crippen molar-refractivity contribution in [3.8, 4) is 0 Å². The summed E-state index contributed by atoms with van der Waals surface area (Å²) in [4.78, 5) is 6.30. The zero-order valence-electron chi connectivity index (χ0n) is 15.0. The number of benzene rings is 2. The third-order valence-electron chi connectivity index (χ3n) is 3.73.